The first-order chi connectivity index (χ1) is 8.75. The summed E-state index contributed by atoms with van der Waals surface area (Å²) in [4.78, 5) is 11.9. The third kappa shape index (κ3) is 3.95. The first kappa shape index (κ1) is 13.3. The Morgan fingerprint density at radius 3 is 2.56 bits per heavy atom. The summed E-state index contributed by atoms with van der Waals surface area (Å²) in [5.41, 5.74) is 4.40. The highest BCUT2D eigenvalue weighted by Crippen LogP contribution is 2.15. The van der Waals surface area contributed by atoms with E-state index in [2.05, 4.69) is 26.5 Å². The van der Waals surface area contributed by atoms with Gasteiger partial charge in [-0.3, -0.25) is 4.79 Å². The van der Waals surface area contributed by atoms with Crippen LogP contribution in [0, 0.1) is 0 Å². The van der Waals surface area contributed by atoms with Gasteiger partial charge in [0.15, 0.2) is 0 Å². The van der Waals surface area contributed by atoms with Gasteiger partial charge in [0.2, 0.25) is 0 Å². The zero-order valence-electron chi connectivity index (χ0n) is 10.3. The predicted octanol–water partition coefficient (Wildman–Crippen LogP) is 3.89. The second kappa shape index (κ2) is 6.69. The van der Waals surface area contributed by atoms with Crippen LogP contribution in [0.2, 0.25) is 0 Å². The highest BCUT2D eigenvalue weighted by atomic mass is 79.9. The summed E-state index contributed by atoms with van der Waals surface area (Å²) in [6.45, 7) is 0. The number of amides is 1. The molecule has 0 heterocycles. The van der Waals surface area contributed by atoms with Crippen molar-refractivity contribution < 1.29 is 4.79 Å². The highest BCUT2D eigenvalue weighted by Gasteiger charge is 2.08. The van der Waals surface area contributed by atoms with Gasteiger partial charge in [0.05, 0.1) is 0 Å². The molecule has 0 saturated heterocycles. The largest absolute Gasteiger partial charge is 0.271 e. The van der Waals surface area contributed by atoms with Gasteiger partial charge in [-0.15, -0.1) is 0 Å². The third-order valence-electron chi connectivity index (χ3n) is 3.08. The molecule has 4 heteroatoms. The van der Waals surface area contributed by atoms with Gasteiger partial charge in [-0.2, -0.15) is 5.10 Å². The first-order valence-electron chi connectivity index (χ1n) is 6.37. The number of hydrogen-bond acceptors (Lipinski definition) is 2. The highest BCUT2D eigenvalue weighted by molar-refractivity contribution is 9.10. The van der Waals surface area contributed by atoms with Gasteiger partial charge in [0.1, 0.15) is 0 Å². The molecule has 1 fully saturated rings. The second-order valence-electron chi connectivity index (χ2n) is 4.54. The lowest BCUT2D eigenvalue weighted by atomic mass is 10.2. The van der Waals surface area contributed by atoms with E-state index in [1.54, 1.807) is 12.1 Å². The maximum Gasteiger partial charge on any atom is 0.271 e. The Hall–Kier alpha value is -1.16. The van der Waals surface area contributed by atoms with Crippen molar-refractivity contribution in [1.82, 2.24) is 5.43 Å². The average molecular weight is 309 g/mol. The number of benzene rings is 1. The Bertz CT molecular complexity index is 447. The number of hydrazone groups is 1. The van der Waals surface area contributed by atoms with Crippen LogP contribution in [0.25, 0.3) is 0 Å². The molecule has 1 aromatic rings. The number of rotatable bonds is 2. The van der Waals surface area contributed by atoms with E-state index >= 15 is 0 Å². The zero-order chi connectivity index (χ0) is 12.8. The molecule has 1 aliphatic carbocycles. The molecule has 1 N–H and O–H groups in total. The fourth-order valence-corrected chi connectivity index (χ4v) is 2.47. The quantitative estimate of drug-likeness (QED) is 0.653. The minimum absolute atomic E-state index is 0.145. The minimum Gasteiger partial charge on any atom is -0.267 e. The molecule has 0 spiro atoms. The van der Waals surface area contributed by atoms with E-state index in [0.29, 0.717) is 5.56 Å². The fourth-order valence-electron chi connectivity index (χ4n) is 2.07. The molecule has 0 bridgehead atoms. The monoisotopic (exact) mass is 308 g/mol. The SMILES string of the molecule is O=C(NN=C1CCCCCC1)c1cccc(Br)c1. The lowest BCUT2D eigenvalue weighted by molar-refractivity contribution is 0.0954. The number of nitrogens with zero attached hydrogens (tertiary/aromatic N) is 1. The van der Waals surface area contributed by atoms with Crippen molar-refractivity contribution in [2.24, 2.45) is 5.10 Å². The maximum absolute atomic E-state index is 11.9. The van der Waals surface area contributed by atoms with Crippen molar-refractivity contribution in [2.75, 3.05) is 0 Å². The summed E-state index contributed by atoms with van der Waals surface area (Å²) in [6, 6.07) is 7.32. The van der Waals surface area contributed by atoms with Gasteiger partial charge in [0.25, 0.3) is 5.91 Å². The Morgan fingerprint density at radius 2 is 1.89 bits per heavy atom. The molecule has 1 aromatic carbocycles. The molecule has 2 rings (SSSR count). The smallest absolute Gasteiger partial charge is 0.267 e. The van der Waals surface area contributed by atoms with Crippen LogP contribution >= 0.6 is 15.9 Å². The zero-order valence-corrected chi connectivity index (χ0v) is 11.9. The fraction of sp³-hybridized carbons (Fsp3) is 0.429. The summed E-state index contributed by atoms with van der Waals surface area (Å²) in [6.07, 6.45) is 6.95. The number of carbonyl (C=O) groups excluding carboxylic acids is 1. The van der Waals surface area contributed by atoms with Crippen molar-refractivity contribution >= 4 is 27.5 Å². The van der Waals surface area contributed by atoms with Crippen LogP contribution in [-0.2, 0) is 0 Å². The minimum atomic E-state index is -0.145. The molecule has 96 valence electrons. The van der Waals surface area contributed by atoms with E-state index in [4.69, 9.17) is 0 Å². The summed E-state index contributed by atoms with van der Waals surface area (Å²) in [5, 5.41) is 4.25. The third-order valence-corrected chi connectivity index (χ3v) is 3.58. The molecular weight excluding hydrogens is 292 g/mol. The van der Waals surface area contributed by atoms with Crippen LogP contribution < -0.4 is 5.43 Å². The molecule has 0 atom stereocenters. The van der Waals surface area contributed by atoms with Crippen LogP contribution in [0.5, 0.6) is 0 Å². The Balaban J connectivity index is 1.96. The number of hydrogen-bond donors (Lipinski definition) is 1. The number of carbonyl (C=O) groups is 1. The molecular formula is C14H17BrN2O. The van der Waals surface area contributed by atoms with Crippen molar-refractivity contribution in [2.45, 2.75) is 38.5 Å². The van der Waals surface area contributed by atoms with Crippen molar-refractivity contribution in [1.29, 1.82) is 0 Å². The molecule has 1 amide bonds. The van der Waals surface area contributed by atoms with Gasteiger partial charge in [0, 0.05) is 15.7 Å². The first-order valence-corrected chi connectivity index (χ1v) is 7.16. The van der Waals surface area contributed by atoms with Gasteiger partial charge in [-0.25, -0.2) is 5.43 Å². The number of nitrogens with one attached hydrogen (secondary N) is 1. The maximum atomic E-state index is 11.9. The van der Waals surface area contributed by atoms with E-state index in [0.717, 1.165) is 23.0 Å². The van der Waals surface area contributed by atoms with E-state index in [-0.39, 0.29) is 5.91 Å². The van der Waals surface area contributed by atoms with Crippen LogP contribution in [0.3, 0.4) is 0 Å². The van der Waals surface area contributed by atoms with Crippen LogP contribution in [0.15, 0.2) is 33.8 Å². The van der Waals surface area contributed by atoms with E-state index in [1.165, 1.54) is 25.7 Å². The van der Waals surface area contributed by atoms with Gasteiger partial charge < -0.3 is 0 Å². The summed E-state index contributed by atoms with van der Waals surface area (Å²) in [7, 11) is 0. The Labute approximate surface area is 116 Å². The number of halogens is 1. The molecule has 0 unspecified atom stereocenters. The van der Waals surface area contributed by atoms with Crippen molar-refractivity contribution in [3.63, 3.8) is 0 Å². The summed E-state index contributed by atoms with van der Waals surface area (Å²) < 4.78 is 0.900. The van der Waals surface area contributed by atoms with E-state index < -0.39 is 0 Å². The standard InChI is InChI=1S/C14H17BrN2O/c15-12-7-5-6-11(10-12)14(18)17-16-13-8-3-1-2-4-9-13/h5-7,10H,1-4,8-9H2,(H,17,18). The molecule has 1 aliphatic rings. The molecule has 3 nitrogen and oxygen atoms in total. The average Bonchev–Trinajstić information content (AvgIpc) is 2.64. The van der Waals surface area contributed by atoms with Gasteiger partial charge in [-0.1, -0.05) is 34.8 Å². The predicted molar refractivity (Wildman–Crippen MR) is 76.7 cm³/mol. The molecule has 18 heavy (non-hydrogen) atoms. The molecule has 0 aliphatic heterocycles. The molecule has 0 radical (unpaired) electrons. The summed E-state index contributed by atoms with van der Waals surface area (Å²) >= 11 is 3.35. The van der Waals surface area contributed by atoms with Crippen molar-refractivity contribution in [3.8, 4) is 0 Å². The van der Waals surface area contributed by atoms with E-state index in [9.17, 15) is 4.79 Å². The normalized spacial score (nSPS) is 15.9. The van der Waals surface area contributed by atoms with Crippen LogP contribution in [-0.4, -0.2) is 11.6 Å². The Morgan fingerprint density at radius 1 is 1.17 bits per heavy atom. The second-order valence-corrected chi connectivity index (χ2v) is 5.46. The van der Waals surface area contributed by atoms with Gasteiger partial charge >= 0.3 is 0 Å². The van der Waals surface area contributed by atoms with Crippen LogP contribution in [0.1, 0.15) is 48.9 Å². The van der Waals surface area contributed by atoms with E-state index in [1.807, 2.05) is 12.1 Å². The van der Waals surface area contributed by atoms with Gasteiger partial charge in [-0.05, 0) is 43.9 Å². The lowest BCUT2D eigenvalue weighted by Crippen LogP contribution is -2.19. The summed E-state index contributed by atoms with van der Waals surface area (Å²) in [5.74, 6) is -0.145. The topological polar surface area (TPSA) is 41.5 Å². The van der Waals surface area contributed by atoms with Crippen LogP contribution in [0.4, 0.5) is 0 Å². The van der Waals surface area contributed by atoms with Crippen molar-refractivity contribution in [3.05, 3.63) is 34.3 Å². The Kier molecular flexibility index (Phi) is 4.93. The molecule has 1 saturated carbocycles. The molecule has 0 aromatic heterocycles. The lowest BCUT2D eigenvalue weighted by Gasteiger charge is -2.04.